The van der Waals surface area contributed by atoms with Crippen molar-refractivity contribution in [3.8, 4) is 0 Å². The minimum Gasteiger partial charge on any atom is -0.478 e. The first kappa shape index (κ1) is 12.6. The lowest BCUT2D eigenvalue weighted by atomic mass is 10.00. The van der Waals surface area contributed by atoms with E-state index in [-0.39, 0.29) is 6.10 Å². The van der Waals surface area contributed by atoms with Gasteiger partial charge in [0, 0.05) is 25.6 Å². The van der Waals surface area contributed by atoms with Crippen LogP contribution in [0, 0.1) is 11.8 Å². The minimum absolute atomic E-state index is 0.121. The van der Waals surface area contributed by atoms with E-state index in [1.54, 1.807) is 12.1 Å². The molecule has 1 aliphatic carbocycles. The molecule has 102 valence electrons. The van der Waals surface area contributed by atoms with Crippen LogP contribution in [0.15, 0.2) is 24.3 Å². The van der Waals surface area contributed by atoms with Gasteiger partial charge in [0.15, 0.2) is 0 Å². The van der Waals surface area contributed by atoms with E-state index in [4.69, 9.17) is 5.11 Å². The number of hydrogen-bond acceptors (Lipinski definition) is 3. The largest absolute Gasteiger partial charge is 0.478 e. The summed E-state index contributed by atoms with van der Waals surface area (Å²) in [6.45, 7) is 2.87. The van der Waals surface area contributed by atoms with Gasteiger partial charge in [-0.15, -0.1) is 0 Å². The van der Waals surface area contributed by atoms with Gasteiger partial charge in [-0.3, -0.25) is 4.90 Å². The maximum Gasteiger partial charge on any atom is 0.335 e. The summed E-state index contributed by atoms with van der Waals surface area (Å²) in [5.41, 5.74) is 1.47. The van der Waals surface area contributed by atoms with Crippen LogP contribution in [0.25, 0.3) is 0 Å². The first-order chi connectivity index (χ1) is 9.13. The zero-order valence-corrected chi connectivity index (χ0v) is 10.8. The highest BCUT2D eigenvalue weighted by atomic mass is 16.4. The number of carboxylic acids is 1. The molecule has 0 spiro atoms. The lowest BCUT2D eigenvalue weighted by Crippen LogP contribution is -2.24. The number of aliphatic hydroxyl groups excluding tert-OH is 1. The van der Waals surface area contributed by atoms with Crippen molar-refractivity contribution >= 4 is 5.97 Å². The van der Waals surface area contributed by atoms with E-state index < -0.39 is 5.97 Å². The Morgan fingerprint density at radius 2 is 1.95 bits per heavy atom. The third kappa shape index (κ3) is 2.51. The summed E-state index contributed by atoms with van der Waals surface area (Å²) in [6, 6.07) is 7.08. The zero-order chi connectivity index (χ0) is 13.4. The molecule has 2 N–H and O–H groups in total. The molecule has 1 aliphatic heterocycles. The summed E-state index contributed by atoms with van der Waals surface area (Å²) < 4.78 is 0. The Morgan fingerprint density at radius 3 is 2.58 bits per heavy atom. The highest BCUT2D eigenvalue weighted by Gasteiger charge is 2.41. The molecule has 1 aromatic rings. The van der Waals surface area contributed by atoms with Crippen molar-refractivity contribution in [1.29, 1.82) is 0 Å². The van der Waals surface area contributed by atoms with Crippen LogP contribution in [-0.2, 0) is 6.54 Å². The summed E-state index contributed by atoms with van der Waals surface area (Å²) in [5.74, 6) is 0.206. The Morgan fingerprint density at radius 1 is 1.21 bits per heavy atom. The van der Waals surface area contributed by atoms with Crippen LogP contribution in [0.1, 0.15) is 28.8 Å². The molecule has 1 aromatic carbocycles. The predicted molar refractivity (Wildman–Crippen MR) is 70.9 cm³/mol. The number of aromatic carboxylic acids is 1. The first-order valence-corrected chi connectivity index (χ1v) is 6.86. The molecule has 3 rings (SSSR count). The molecule has 0 bridgehead atoms. The molecule has 3 unspecified atom stereocenters. The number of hydrogen-bond donors (Lipinski definition) is 2. The van der Waals surface area contributed by atoms with Crippen LogP contribution in [0.5, 0.6) is 0 Å². The molecule has 2 fully saturated rings. The van der Waals surface area contributed by atoms with Crippen LogP contribution in [0.3, 0.4) is 0 Å². The maximum absolute atomic E-state index is 10.8. The molecule has 3 atom stereocenters. The Bertz CT molecular complexity index is 471. The fraction of sp³-hybridized carbons (Fsp3) is 0.533. The number of benzene rings is 1. The highest BCUT2D eigenvalue weighted by molar-refractivity contribution is 5.87. The number of fused-ring (bicyclic) bond motifs is 1. The summed E-state index contributed by atoms with van der Waals surface area (Å²) in [6.07, 6.45) is 1.97. The number of carbonyl (C=O) groups is 1. The molecule has 2 aliphatic rings. The van der Waals surface area contributed by atoms with E-state index in [1.807, 2.05) is 12.1 Å². The number of likely N-dealkylation sites (tertiary alicyclic amines) is 1. The van der Waals surface area contributed by atoms with Gasteiger partial charge in [0.1, 0.15) is 0 Å². The molecule has 1 saturated heterocycles. The monoisotopic (exact) mass is 261 g/mol. The Hall–Kier alpha value is -1.39. The fourth-order valence-corrected chi connectivity index (χ4v) is 3.47. The molecule has 4 nitrogen and oxygen atoms in total. The van der Waals surface area contributed by atoms with Crippen molar-refractivity contribution in [3.63, 3.8) is 0 Å². The van der Waals surface area contributed by atoms with Gasteiger partial charge in [0.2, 0.25) is 0 Å². The lowest BCUT2D eigenvalue weighted by Gasteiger charge is -2.18. The van der Waals surface area contributed by atoms with Gasteiger partial charge >= 0.3 is 5.97 Å². The molecule has 1 heterocycles. The normalized spacial score (nSPS) is 30.5. The predicted octanol–water partition coefficient (Wildman–Crippen LogP) is 1.59. The third-order valence-electron chi connectivity index (χ3n) is 4.50. The van der Waals surface area contributed by atoms with Crippen LogP contribution in [0.4, 0.5) is 0 Å². The molecule has 0 amide bonds. The van der Waals surface area contributed by atoms with Gasteiger partial charge in [-0.2, -0.15) is 0 Å². The molecule has 19 heavy (non-hydrogen) atoms. The van der Waals surface area contributed by atoms with Gasteiger partial charge in [0.05, 0.1) is 11.7 Å². The average molecular weight is 261 g/mol. The fourth-order valence-electron chi connectivity index (χ4n) is 3.47. The third-order valence-corrected chi connectivity index (χ3v) is 4.50. The van der Waals surface area contributed by atoms with Crippen molar-refractivity contribution in [2.75, 3.05) is 13.1 Å². The summed E-state index contributed by atoms with van der Waals surface area (Å²) in [5, 5.41) is 18.7. The number of aliphatic hydroxyl groups is 1. The van der Waals surface area contributed by atoms with E-state index in [1.165, 1.54) is 0 Å². The van der Waals surface area contributed by atoms with Crippen molar-refractivity contribution < 1.29 is 15.0 Å². The second-order valence-corrected chi connectivity index (χ2v) is 5.76. The minimum atomic E-state index is -0.884. The van der Waals surface area contributed by atoms with E-state index in [0.717, 1.165) is 38.0 Å². The van der Waals surface area contributed by atoms with E-state index in [9.17, 15) is 9.90 Å². The van der Waals surface area contributed by atoms with E-state index in [0.29, 0.717) is 17.4 Å². The van der Waals surface area contributed by atoms with Gasteiger partial charge in [-0.1, -0.05) is 12.1 Å². The Labute approximate surface area is 112 Å². The summed E-state index contributed by atoms with van der Waals surface area (Å²) in [7, 11) is 0. The molecular formula is C15H19NO3. The second kappa shape index (κ2) is 4.94. The van der Waals surface area contributed by atoms with Crippen LogP contribution >= 0.6 is 0 Å². The summed E-state index contributed by atoms with van der Waals surface area (Å²) in [4.78, 5) is 13.2. The molecule has 0 radical (unpaired) electrons. The highest BCUT2D eigenvalue weighted by Crippen LogP contribution is 2.38. The SMILES string of the molecule is O=C(O)c1ccc(CN2CC3CCC(O)C3C2)cc1. The van der Waals surface area contributed by atoms with Gasteiger partial charge < -0.3 is 10.2 Å². The summed E-state index contributed by atoms with van der Waals surface area (Å²) >= 11 is 0. The quantitative estimate of drug-likeness (QED) is 0.867. The molecule has 4 heteroatoms. The van der Waals surface area contributed by atoms with Crippen LogP contribution < -0.4 is 0 Å². The smallest absolute Gasteiger partial charge is 0.335 e. The zero-order valence-electron chi connectivity index (χ0n) is 10.8. The standard InChI is InChI=1S/C15H19NO3/c17-14-6-5-12-8-16(9-13(12)14)7-10-1-3-11(4-2-10)15(18)19/h1-4,12-14,17H,5-9H2,(H,18,19). The maximum atomic E-state index is 10.8. The number of carboxylic acid groups (broad SMARTS) is 1. The first-order valence-electron chi connectivity index (χ1n) is 6.86. The molecule has 0 aromatic heterocycles. The van der Waals surface area contributed by atoms with Gasteiger partial charge in [0.25, 0.3) is 0 Å². The van der Waals surface area contributed by atoms with Crippen molar-refractivity contribution in [3.05, 3.63) is 35.4 Å². The van der Waals surface area contributed by atoms with Crippen molar-refractivity contribution in [2.45, 2.75) is 25.5 Å². The average Bonchev–Trinajstić information content (AvgIpc) is 2.93. The van der Waals surface area contributed by atoms with E-state index in [2.05, 4.69) is 4.90 Å². The van der Waals surface area contributed by atoms with E-state index >= 15 is 0 Å². The lowest BCUT2D eigenvalue weighted by molar-refractivity contribution is 0.0697. The second-order valence-electron chi connectivity index (χ2n) is 5.76. The number of nitrogens with zero attached hydrogens (tertiary/aromatic N) is 1. The molecular weight excluding hydrogens is 242 g/mol. The molecule has 1 saturated carbocycles. The number of rotatable bonds is 3. The van der Waals surface area contributed by atoms with Crippen LogP contribution in [-0.4, -0.2) is 40.3 Å². The van der Waals surface area contributed by atoms with Gasteiger partial charge in [-0.05, 0) is 36.5 Å². The van der Waals surface area contributed by atoms with Crippen molar-refractivity contribution in [2.24, 2.45) is 11.8 Å². The Kier molecular flexibility index (Phi) is 3.29. The topological polar surface area (TPSA) is 60.8 Å². The van der Waals surface area contributed by atoms with Crippen molar-refractivity contribution in [1.82, 2.24) is 4.90 Å². The van der Waals surface area contributed by atoms with Crippen LogP contribution in [0.2, 0.25) is 0 Å². The van der Waals surface area contributed by atoms with Gasteiger partial charge in [-0.25, -0.2) is 4.79 Å². The Balaban J connectivity index is 1.62.